The Morgan fingerprint density at radius 2 is 2.14 bits per heavy atom. The second-order valence-electron chi connectivity index (χ2n) is 5.02. The highest BCUT2D eigenvalue weighted by molar-refractivity contribution is 7.91. The monoisotopic (exact) mass is 341 g/mol. The summed E-state index contributed by atoms with van der Waals surface area (Å²) < 4.78 is 26.6. The van der Waals surface area contributed by atoms with E-state index in [1.165, 1.54) is 21.3 Å². The number of carbonyl (C=O) groups excluding carboxylic acids is 2. The molecule has 0 N–H and O–H groups in total. The molecular weight excluding hydrogens is 326 g/mol. The molecule has 0 unspecified atom stereocenters. The maximum atomic E-state index is 12.5. The van der Waals surface area contributed by atoms with E-state index in [0.717, 1.165) is 16.2 Å². The number of thiophene rings is 1. The van der Waals surface area contributed by atoms with Gasteiger partial charge in [0.1, 0.15) is 10.3 Å². The van der Waals surface area contributed by atoms with Crippen molar-refractivity contribution in [1.82, 2.24) is 14.1 Å². The van der Waals surface area contributed by atoms with Crippen LogP contribution < -0.4 is 0 Å². The van der Waals surface area contributed by atoms with E-state index in [1.807, 2.05) is 0 Å². The van der Waals surface area contributed by atoms with Crippen molar-refractivity contribution in [3.05, 3.63) is 30.2 Å². The Morgan fingerprint density at radius 3 is 2.77 bits per heavy atom. The van der Waals surface area contributed by atoms with Crippen molar-refractivity contribution in [2.24, 2.45) is 0 Å². The van der Waals surface area contributed by atoms with Crippen LogP contribution in [0.4, 0.5) is 4.79 Å². The highest BCUT2D eigenvalue weighted by atomic mass is 32.2. The first kappa shape index (κ1) is 15.2. The molecule has 1 aromatic rings. The number of rotatable bonds is 4. The predicted molar refractivity (Wildman–Crippen MR) is 80.9 cm³/mol. The van der Waals surface area contributed by atoms with Gasteiger partial charge in [0.15, 0.2) is 0 Å². The zero-order chi connectivity index (χ0) is 15.9. The Morgan fingerprint density at radius 1 is 1.36 bits per heavy atom. The number of urea groups is 1. The minimum absolute atomic E-state index is 0.00154. The Balaban J connectivity index is 1.84. The molecule has 118 valence electrons. The van der Waals surface area contributed by atoms with E-state index in [1.54, 1.807) is 11.4 Å². The SMILES string of the molecule is C=CCN1C(=O)[C@@H]2CN(S(=O)(=O)c3cccs3)CCN2C1=O. The fraction of sp³-hybridized carbons (Fsp3) is 0.385. The van der Waals surface area contributed by atoms with Crippen LogP contribution in [0.25, 0.3) is 0 Å². The summed E-state index contributed by atoms with van der Waals surface area (Å²) >= 11 is 1.14. The lowest BCUT2D eigenvalue weighted by Gasteiger charge is -2.34. The summed E-state index contributed by atoms with van der Waals surface area (Å²) in [6, 6.07) is 2.10. The fourth-order valence-electron chi connectivity index (χ4n) is 2.68. The van der Waals surface area contributed by atoms with Crippen molar-refractivity contribution in [2.45, 2.75) is 10.3 Å². The summed E-state index contributed by atoms with van der Waals surface area (Å²) in [7, 11) is -3.61. The second-order valence-corrected chi connectivity index (χ2v) is 8.14. The smallest absolute Gasteiger partial charge is 0.310 e. The van der Waals surface area contributed by atoms with E-state index in [4.69, 9.17) is 0 Å². The van der Waals surface area contributed by atoms with E-state index in [9.17, 15) is 18.0 Å². The van der Waals surface area contributed by atoms with E-state index in [-0.39, 0.29) is 42.3 Å². The maximum Gasteiger partial charge on any atom is 0.327 e. The summed E-state index contributed by atoms with van der Waals surface area (Å²) in [5.74, 6) is -0.365. The van der Waals surface area contributed by atoms with Crippen LogP contribution in [0, 0.1) is 0 Å². The molecule has 2 aliphatic rings. The van der Waals surface area contributed by atoms with Crippen LogP contribution >= 0.6 is 11.3 Å². The van der Waals surface area contributed by atoms with Crippen LogP contribution in [-0.2, 0) is 14.8 Å². The summed E-state index contributed by atoms with van der Waals surface area (Å²) in [5.41, 5.74) is 0. The summed E-state index contributed by atoms with van der Waals surface area (Å²) in [6.07, 6.45) is 1.48. The van der Waals surface area contributed by atoms with Gasteiger partial charge < -0.3 is 4.90 Å². The average molecular weight is 341 g/mol. The number of hydrogen-bond acceptors (Lipinski definition) is 5. The zero-order valence-electron chi connectivity index (χ0n) is 11.7. The van der Waals surface area contributed by atoms with E-state index < -0.39 is 16.1 Å². The van der Waals surface area contributed by atoms with Crippen LogP contribution in [0.5, 0.6) is 0 Å². The number of amides is 3. The molecule has 2 saturated heterocycles. The molecule has 0 saturated carbocycles. The molecule has 9 heteroatoms. The van der Waals surface area contributed by atoms with Gasteiger partial charge in [0.25, 0.3) is 15.9 Å². The van der Waals surface area contributed by atoms with Crippen molar-refractivity contribution in [2.75, 3.05) is 26.2 Å². The molecule has 2 fully saturated rings. The Bertz CT molecular complexity index is 714. The standard InChI is InChI=1S/C13H15N3O4S2/c1-2-5-16-12(17)10-9-14(6-7-15(10)13(16)18)22(19,20)11-4-3-8-21-11/h2-4,8,10H,1,5-7,9H2/t10-/m0/s1. The minimum atomic E-state index is -3.61. The van der Waals surface area contributed by atoms with Crippen LogP contribution in [-0.4, -0.2) is 66.7 Å². The van der Waals surface area contributed by atoms with E-state index in [2.05, 4.69) is 6.58 Å². The predicted octanol–water partition coefficient (Wildman–Crippen LogP) is 0.571. The van der Waals surface area contributed by atoms with Gasteiger partial charge >= 0.3 is 6.03 Å². The summed E-state index contributed by atoms with van der Waals surface area (Å²) in [4.78, 5) is 27.0. The van der Waals surface area contributed by atoms with E-state index in [0.29, 0.717) is 0 Å². The van der Waals surface area contributed by atoms with Crippen LogP contribution in [0.3, 0.4) is 0 Å². The molecule has 0 bridgehead atoms. The summed E-state index contributed by atoms with van der Waals surface area (Å²) in [5, 5.41) is 1.69. The van der Waals surface area contributed by atoms with Crippen molar-refractivity contribution >= 4 is 33.3 Å². The van der Waals surface area contributed by atoms with Gasteiger partial charge in [0.05, 0.1) is 0 Å². The maximum absolute atomic E-state index is 12.5. The molecule has 3 rings (SSSR count). The highest BCUT2D eigenvalue weighted by Crippen LogP contribution is 2.27. The molecule has 0 radical (unpaired) electrons. The third-order valence-corrected chi connectivity index (χ3v) is 7.01. The molecule has 3 heterocycles. The number of piperazine rings is 1. The number of hydrogen-bond donors (Lipinski definition) is 0. The van der Waals surface area contributed by atoms with Gasteiger partial charge in [-0.15, -0.1) is 17.9 Å². The van der Waals surface area contributed by atoms with Gasteiger partial charge in [-0.25, -0.2) is 13.2 Å². The third kappa shape index (κ3) is 2.25. The first-order valence-corrected chi connectivity index (χ1v) is 9.05. The van der Waals surface area contributed by atoms with E-state index >= 15 is 0 Å². The number of sulfonamides is 1. The normalized spacial score (nSPS) is 23.0. The van der Waals surface area contributed by atoms with Gasteiger partial charge in [-0.1, -0.05) is 12.1 Å². The number of nitrogens with zero attached hydrogens (tertiary/aromatic N) is 3. The van der Waals surface area contributed by atoms with Gasteiger partial charge in [-0.3, -0.25) is 9.69 Å². The Hall–Kier alpha value is -1.71. The number of imide groups is 1. The molecule has 0 spiro atoms. The fourth-order valence-corrected chi connectivity index (χ4v) is 5.26. The van der Waals surface area contributed by atoms with Crippen molar-refractivity contribution in [3.8, 4) is 0 Å². The molecule has 3 amide bonds. The highest BCUT2D eigenvalue weighted by Gasteiger charge is 2.49. The number of fused-ring (bicyclic) bond motifs is 1. The first-order chi connectivity index (χ1) is 10.5. The average Bonchev–Trinajstić information content (AvgIpc) is 3.12. The quantitative estimate of drug-likeness (QED) is 0.593. The van der Waals surface area contributed by atoms with Gasteiger partial charge in [-0.2, -0.15) is 4.31 Å². The molecule has 1 atom stereocenters. The molecule has 22 heavy (non-hydrogen) atoms. The Kier molecular flexibility index (Phi) is 3.79. The van der Waals surface area contributed by atoms with Crippen molar-refractivity contribution < 1.29 is 18.0 Å². The summed E-state index contributed by atoms with van der Waals surface area (Å²) in [6.45, 7) is 4.08. The Labute approximate surface area is 132 Å². The lowest BCUT2D eigenvalue weighted by molar-refractivity contribution is -0.128. The lowest BCUT2D eigenvalue weighted by Crippen LogP contribution is -2.54. The third-order valence-electron chi connectivity index (χ3n) is 3.77. The van der Waals surface area contributed by atoms with Crippen LogP contribution in [0.15, 0.2) is 34.4 Å². The zero-order valence-corrected chi connectivity index (χ0v) is 13.3. The molecular formula is C13H15N3O4S2. The van der Waals surface area contributed by atoms with Crippen LogP contribution in [0.2, 0.25) is 0 Å². The van der Waals surface area contributed by atoms with Gasteiger partial charge in [-0.05, 0) is 11.4 Å². The first-order valence-electron chi connectivity index (χ1n) is 6.73. The molecule has 2 aliphatic heterocycles. The lowest BCUT2D eigenvalue weighted by atomic mass is 10.2. The molecule has 7 nitrogen and oxygen atoms in total. The molecule has 0 aliphatic carbocycles. The van der Waals surface area contributed by atoms with Crippen molar-refractivity contribution in [1.29, 1.82) is 0 Å². The van der Waals surface area contributed by atoms with Crippen LogP contribution in [0.1, 0.15) is 0 Å². The topological polar surface area (TPSA) is 78.0 Å². The van der Waals surface area contributed by atoms with Gasteiger partial charge in [0, 0.05) is 26.2 Å². The van der Waals surface area contributed by atoms with Gasteiger partial charge in [0.2, 0.25) is 0 Å². The molecule has 1 aromatic heterocycles. The van der Waals surface area contributed by atoms with Crippen molar-refractivity contribution in [3.63, 3.8) is 0 Å². The molecule has 0 aromatic carbocycles. The largest absolute Gasteiger partial charge is 0.327 e. The minimum Gasteiger partial charge on any atom is -0.310 e. The second kappa shape index (κ2) is 5.49. The number of carbonyl (C=O) groups is 2.